The zero-order chi connectivity index (χ0) is 20.5. The smallest absolute Gasteiger partial charge is 0.191 e. The van der Waals surface area contributed by atoms with Crippen molar-refractivity contribution in [2.24, 2.45) is 4.99 Å². The van der Waals surface area contributed by atoms with Gasteiger partial charge in [-0.3, -0.25) is 9.89 Å². The molecule has 0 aliphatic carbocycles. The van der Waals surface area contributed by atoms with E-state index < -0.39 is 0 Å². The van der Waals surface area contributed by atoms with E-state index in [-0.39, 0.29) is 12.0 Å². The number of hydrogen-bond donors (Lipinski definition) is 2. The lowest BCUT2D eigenvalue weighted by Gasteiger charge is -2.27. The first kappa shape index (κ1) is 21.2. The van der Waals surface area contributed by atoms with Crippen LogP contribution in [0.15, 0.2) is 52.1 Å². The third kappa shape index (κ3) is 5.76. The van der Waals surface area contributed by atoms with Crippen LogP contribution in [-0.2, 0) is 0 Å². The Morgan fingerprint density at radius 3 is 2.66 bits per heavy atom. The number of hydrogen-bond acceptors (Lipinski definition) is 4. The Hall–Kier alpha value is -2.47. The molecule has 3 rings (SSSR count). The van der Waals surface area contributed by atoms with Crippen LogP contribution in [0.1, 0.15) is 50.0 Å². The van der Waals surface area contributed by atoms with Crippen molar-refractivity contribution in [3.8, 4) is 5.75 Å². The molecule has 1 aromatic heterocycles. The fourth-order valence-electron chi connectivity index (χ4n) is 3.88. The summed E-state index contributed by atoms with van der Waals surface area (Å²) in [6.07, 6.45) is 4.26. The van der Waals surface area contributed by atoms with Gasteiger partial charge in [0.25, 0.3) is 0 Å². The summed E-state index contributed by atoms with van der Waals surface area (Å²) in [5, 5.41) is 6.90. The highest BCUT2D eigenvalue weighted by atomic mass is 16.5. The van der Waals surface area contributed by atoms with Gasteiger partial charge in [-0.25, -0.2) is 0 Å². The lowest BCUT2D eigenvalue weighted by molar-refractivity contribution is 0.215. The van der Waals surface area contributed by atoms with Crippen molar-refractivity contribution in [2.75, 3.05) is 39.8 Å². The van der Waals surface area contributed by atoms with Gasteiger partial charge in [-0.15, -0.1) is 0 Å². The van der Waals surface area contributed by atoms with Crippen LogP contribution < -0.4 is 15.4 Å². The molecule has 0 radical (unpaired) electrons. The molecule has 1 aromatic carbocycles. The fourth-order valence-corrected chi connectivity index (χ4v) is 3.88. The van der Waals surface area contributed by atoms with Gasteiger partial charge in [0.05, 0.1) is 19.4 Å². The number of nitrogens with zero attached hydrogens (tertiary/aromatic N) is 2. The monoisotopic (exact) mass is 398 g/mol. The van der Waals surface area contributed by atoms with Crippen LogP contribution in [-0.4, -0.2) is 50.7 Å². The first-order chi connectivity index (χ1) is 14.2. The number of benzene rings is 1. The summed E-state index contributed by atoms with van der Waals surface area (Å²) in [4.78, 5) is 7.33. The minimum absolute atomic E-state index is 0.225. The van der Waals surface area contributed by atoms with Crippen LogP contribution in [0.5, 0.6) is 5.75 Å². The summed E-state index contributed by atoms with van der Waals surface area (Å²) in [6, 6.07) is 12.4. The second-order valence-corrected chi connectivity index (χ2v) is 7.52. The molecule has 1 fully saturated rings. The number of aliphatic imine (C=N–C) groups is 1. The number of nitrogens with one attached hydrogen (secondary N) is 2. The van der Waals surface area contributed by atoms with E-state index in [0.29, 0.717) is 6.54 Å². The first-order valence-corrected chi connectivity index (χ1v) is 10.7. The normalized spacial score (nSPS) is 17.1. The largest absolute Gasteiger partial charge is 0.496 e. The molecule has 6 heteroatoms. The molecule has 2 aromatic rings. The molecule has 0 amide bonds. The first-order valence-electron chi connectivity index (χ1n) is 10.7. The van der Waals surface area contributed by atoms with Crippen LogP contribution in [0.3, 0.4) is 0 Å². The van der Waals surface area contributed by atoms with Gasteiger partial charge >= 0.3 is 0 Å². The van der Waals surface area contributed by atoms with E-state index in [0.717, 1.165) is 43.6 Å². The van der Waals surface area contributed by atoms with Crippen LogP contribution in [0.4, 0.5) is 0 Å². The number of ether oxygens (including phenoxy) is 1. The third-order valence-corrected chi connectivity index (χ3v) is 5.45. The van der Waals surface area contributed by atoms with Crippen molar-refractivity contribution < 1.29 is 9.15 Å². The molecule has 158 valence electrons. The summed E-state index contributed by atoms with van der Waals surface area (Å²) < 4.78 is 11.2. The van der Waals surface area contributed by atoms with E-state index in [1.165, 1.54) is 18.4 Å². The zero-order valence-corrected chi connectivity index (χ0v) is 17.9. The molecule has 29 heavy (non-hydrogen) atoms. The lowest BCUT2D eigenvalue weighted by atomic mass is 10.0. The quantitative estimate of drug-likeness (QED) is 0.497. The Bertz CT molecular complexity index is 754. The van der Waals surface area contributed by atoms with Crippen molar-refractivity contribution in [1.29, 1.82) is 0 Å². The van der Waals surface area contributed by atoms with E-state index in [1.54, 1.807) is 13.4 Å². The molecule has 1 saturated heterocycles. The Labute approximate surface area is 174 Å². The number of likely N-dealkylation sites (tertiary alicyclic amines) is 1. The Balaban J connectivity index is 1.65. The lowest BCUT2D eigenvalue weighted by Crippen LogP contribution is -2.42. The standard InChI is InChI=1S/C23H34N4O2/c1-4-24-23(25-16-18(2)19-10-5-6-11-21(19)28-3)26-17-20(22-12-9-15-29-22)27-13-7-8-14-27/h5-6,9-12,15,18,20H,4,7-8,13-14,16-17H2,1-3H3,(H2,24,25,26). The van der Waals surface area contributed by atoms with Gasteiger partial charge in [0.1, 0.15) is 11.5 Å². The topological polar surface area (TPSA) is 62.0 Å². The van der Waals surface area contributed by atoms with E-state index in [2.05, 4.69) is 41.5 Å². The minimum Gasteiger partial charge on any atom is -0.496 e. The number of methoxy groups -OCH3 is 1. The van der Waals surface area contributed by atoms with Crippen LogP contribution in [0, 0.1) is 0 Å². The maximum atomic E-state index is 5.73. The second kappa shape index (κ2) is 10.9. The molecule has 0 bridgehead atoms. The summed E-state index contributed by atoms with van der Waals surface area (Å²) >= 11 is 0. The average molecular weight is 399 g/mol. The molecule has 2 heterocycles. The Kier molecular flexibility index (Phi) is 7.99. The van der Waals surface area contributed by atoms with Crippen LogP contribution in [0.25, 0.3) is 0 Å². The molecular formula is C23H34N4O2. The van der Waals surface area contributed by atoms with Crippen LogP contribution >= 0.6 is 0 Å². The van der Waals surface area contributed by atoms with Gasteiger partial charge in [0.2, 0.25) is 0 Å². The van der Waals surface area contributed by atoms with Crippen molar-refractivity contribution in [3.63, 3.8) is 0 Å². The molecule has 2 N–H and O–H groups in total. The molecular weight excluding hydrogens is 364 g/mol. The van der Waals surface area contributed by atoms with Gasteiger partial charge in [0.15, 0.2) is 5.96 Å². The van der Waals surface area contributed by atoms with Crippen molar-refractivity contribution >= 4 is 5.96 Å². The number of rotatable bonds is 9. The van der Waals surface area contributed by atoms with E-state index in [1.807, 2.05) is 24.3 Å². The van der Waals surface area contributed by atoms with Gasteiger partial charge in [-0.05, 0) is 56.6 Å². The van der Waals surface area contributed by atoms with Crippen molar-refractivity contribution in [3.05, 3.63) is 54.0 Å². The number of guanidine groups is 1. The maximum absolute atomic E-state index is 5.73. The third-order valence-electron chi connectivity index (χ3n) is 5.45. The summed E-state index contributed by atoms with van der Waals surface area (Å²) in [5.74, 6) is 3.03. The van der Waals surface area contributed by atoms with Gasteiger partial charge in [-0.1, -0.05) is 25.1 Å². The number of furan rings is 1. The Morgan fingerprint density at radius 2 is 1.97 bits per heavy atom. The molecule has 0 saturated carbocycles. The second-order valence-electron chi connectivity index (χ2n) is 7.52. The summed E-state index contributed by atoms with van der Waals surface area (Å²) in [5.41, 5.74) is 1.18. The average Bonchev–Trinajstić information content (AvgIpc) is 3.46. The van der Waals surface area contributed by atoms with Crippen molar-refractivity contribution in [2.45, 2.75) is 38.6 Å². The highest BCUT2D eigenvalue weighted by molar-refractivity contribution is 5.79. The zero-order valence-electron chi connectivity index (χ0n) is 17.9. The predicted octanol–water partition coefficient (Wildman–Crippen LogP) is 3.78. The SMILES string of the molecule is CCNC(=NCC(C)c1ccccc1OC)NCC(c1ccco1)N1CCCC1. The molecule has 1 aliphatic heterocycles. The summed E-state index contributed by atoms with van der Waals surface area (Å²) in [7, 11) is 1.72. The van der Waals surface area contributed by atoms with Crippen molar-refractivity contribution in [1.82, 2.24) is 15.5 Å². The fraction of sp³-hybridized carbons (Fsp3) is 0.522. The Morgan fingerprint density at radius 1 is 1.17 bits per heavy atom. The molecule has 6 nitrogen and oxygen atoms in total. The van der Waals surface area contributed by atoms with E-state index in [4.69, 9.17) is 14.1 Å². The van der Waals surface area contributed by atoms with Gasteiger partial charge in [0, 0.05) is 25.6 Å². The maximum Gasteiger partial charge on any atom is 0.191 e. The summed E-state index contributed by atoms with van der Waals surface area (Å²) in [6.45, 7) is 8.78. The molecule has 1 aliphatic rings. The number of para-hydroxylation sites is 1. The van der Waals surface area contributed by atoms with E-state index in [9.17, 15) is 0 Å². The predicted molar refractivity (Wildman–Crippen MR) is 118 cm³/mol. The highest BCUT2D eigenvalue weighted by Gasteiger charge is 2.25. The molecule has 2 unspecified atom stereocenters. The van der Waals surface area contributed by atoms with E-state index >= 15 is 0 Å². The molecule has 2 atom stereocenters. The van der Waals surface area contributed by atoms with Gasteiger partial charge < -0.3 is 19.8 Å². The van der Waals surface area contributed by atoms with Crippen LogP contribution in [0.2, 0.25) is 0 Å². The highest BCUT2D eigenvalue weighted by Crippen LogP contribution is 2.27. The van der Waals surface area contributed by atoms with Gasteiger partial charge in [-0.2, -0.15) is 0 Å². The molecule has 0 spiro atoms. The minimum atomic E-state index is 0.225.